The summed E-state index contributed by atoms with van der Waals surface area (Å²) in [6.07, 6.45) is 3.89. The molecule has 0 atom stereocenters. The largest absolute Gasteiger partial charge is 0.379 e. The van der Waals surface area contributed by atoms with Crippen LogP contribution < -0.4 is 10.6 Å². The van der Waals surface area contributed by atoms with Gasteiger partial charge in [0.2, 0.25) is 0 Å². The third-order valence-corrected chi connectivity index (χ3v) is 3.84. The molecule has 0 saturated heterocycles. The Morgan fingerprint density at radius 2 is 2.04 bits per heavy atom. The number of nitriles is 1. The number of benzene rings is 1. The van der Waals surface area contributed by atoms with Crippen molar-refractivity contribution in [2.24, 2.45) is 0 Å². The molecule has 6 nitrogen and oxygen atoms in total. The van der Waals surface area contributed by atoms with Gasteiger partial charge in [-0.15, -0.1) is 5.10 Å². The Morgan fingerprint density at radius 1 is 1.26 bits per heavy atom. The number of rotatable bonds is 4. The SMILES string of the molecule is Cc1ccc(Nc2cc(NC3CC3)c3ncc(C#N)n3n2)cc1. The fourth-order valence-electron chi connectivity index (χ4n) is 2.44. The minimum Gasteiger partial charge on any atom is -0.379 e. The van der Waals surface area contributed by atoms with E-state index < -0.39 is 0 Å². The van der Waals surface area contributed by atoms with Crippen molar-refractivity contribution in [3.8, 4) is 6.07 Å². The molecular formula is C17H16N6. The van der Waals surface area contributed by atoms with Gasteiger partial charge in [0.1, 0.15) is 6.07 Å². The maximum absolute atomic E-state index is 9.23. The molecule has 23 heavy (non-hydrogen) atoms. The van der Waals surface area contributed by atoms with Gasteiger partial charge in [-0.1, -0.05) is 17.7 Å². The van der Waals surface area contributed by atoms with Gasteiger partial charge in [0.25, 0.3) is 0 Å². The van der Waals surface area contributed by atoms with Gasteiger partial charge in [-0.05, 0) is 31.9 Å². The fraction of sp³-hybridized carbons (Fsp3) is 0.235. The summed E-state index contributed by atoms with van der Waals surface area (Å²) in [5.41, 5.74) is 4.17. The first-order chi connectivity index (χ1) is 11.2. The Balaban J connectivity index is 1.76. The highest BCUT2D eigenvalue weighted by atomic mass is 15.3. The third kappa shape index (κ3) is 2.69. The number of hydrogen-bond donors (Lipinski definition) is 2. The lowest BCUT2D eigenvalue weighted by Gasteiger charge is -2.11. The smallest absolute Gasteiger partial charge is 0.178 e. The van der Waals surface area contributed by atoms with Gasteiger partial charge in [0.15, 0.2) is 17.2 Å². The first-order valence-electron chi connectivity index (χ1n) is 7.62. The number of nitrogens with zero attached hydrogens (tertiary/aromatic N) is 4. The number of aromatic nitrogens is 3. The Labute approximate surface area is 133 Å². The van der Waals surface area contributed by atoms with Crippen LogP contribution >= 0.6 is 0 Å². The van der Waals surface area contributed by atoms with E-state index in [2.05, 4.69) is 33.7 Å². The Kier molecular flexibility index (Phi) is 3.12. The lowest BCUT2D eigenvalue weighted by molar-refractivity contribution is 0.924. The molecule has 2 N–H and O–H groups in total. The molecule has 114 valence electrons. The molecular weight excluding hydrogens is 288 g/mol. The van der Waals surface area contributed by atoms with E-state index in [1.807, 2.05) is 30.3 Å². The Hall–Kier alpha value is -3.07. The molecule has 0 bridgehead atoms. The number of anilines is 3. The van der Waals surface area contributed by atoms with Crippen molar-refractivity contribution in [3.05, 3.63) is 47.8 Å². The summed E-state index contributed by atoms with van der Waals surface area (Å²) in [6.45, 7) is 2.05. The molecule has 0 radical (unpaired) electrons. The number of nitrogens with one attached hydrogen (secondary N) is 2. The number of fused-ring (bicyclic) bond motifs is 1. The number of aryl methyl sites for hydroxylation is 1. The molecule has 1 aliphatic carbocycles. The van der Waals surface area contributed by atoms with Gasteiger partial charge >= 0.3 is 0 Å². The first-order valence-corrected chi connectivity index (χ1v) is 7.62. The maximum atomic E-state index is 9.23. The van der Waals surface area contributed by atoms with Crippen LogP contribution in [0.25, 0.3) is 5.65 Å². The van der Waals surface area contributed by atoms with Crippen LogP contribution in [0, 0.1) is 18.3 Å². The van der Waals surface area contributed by atoms with Gasteiger partial charge in [-0.3, -0.25) is 0 Å². The highest BCUT2D eigenvalue weighted by molar-refractivity contribution is 5.73. The zero-order chi connectivity index (χ0) is 15.8. The van der Waals surface area contributed by atoms with Crippen LogP contribution in [0.1, 0.15) is 24.1 Å². The van der Waals surface area contributed by atoms with Crippen LogP contribution in [0.2, 0.25) is 0 Å². The summed E-state index contributed by atoms with van der Waals surface area (Å²) in [5.74, 6) is 0.680. The normalized spacial score (nSPS) is 13.7. The average Bonchev–Trinajstić information content (AvgIpc) is 3.26. The van der Waals surface area contributed by atoms with Crippen molar-refractivity contribution >= 4 is 22.8 Å². The van der Waals surface area contributed by atoms with E-state index in [1.165, 1.54) is 18.4 Å². The molecule has 0 unspecified atom stereocenters. The highest BCUT2D eigenvalue weighted by Gasteiger charge is 2.23. The molecule has 0 amide bonds. The molecule has 1 aromatic carbocycles. The van der Waals surface area contributed by atoms with Crippen molar-refractivity contribution < 1.29 is 0 Å². The van der Waals surface area contributed by atoms with Gasteiger partial charge in [-0.2, -0.15) is 9.78 Å². The molecule has 1 aliphatic rings. The van der Waals surface area contributed by atoms with Crippen molar-refractivity contribution in [3.63, 3.8) is 0 Å². The summed E-state index contributed by atoms with van der Waals surface area (Å²) < 4.78 is 1.58. The number of imidazole rings is 1. The first kappa shape index (κ1) is 13.6. The highest BCUT2D eigenvalue weighted by Crippen LogP contribution is 2.29. The second-order valence-electron chi connectivity index (χ2n) is 5.84. The molecule has 1 saturated carbocycles. The lowest BCUT2D eigenvalue weighted by atomic mass is 10.2. The van der Waals surface area contributed by atoms with Crippen molar-refractivity contribution in [2.45, 2.75) is 25.8 Å². The van der Waals surface area contributed by atoms with Crippen molar-refractivity contribution in [1.29, 1.82) is 5.26 Å². The summed E-state index contributed by atoms with van der Waals surface area (Å²) in [6, 6.07) is 12.7. The summed E-state index contributed by atoms with van der Waals surface area (Å²) in [7, 11) is 0. The van der Waals surface area contributed by atoms with Gasteiger partial charge in [-0.25, -0.2) is 4.98 Å². The van der Waals surface area contributed by atoms with Crippen LogP contribution in [0.15, 0.2) is 36.5 Å². The second kappa shape index (κ2) is 5.29. The molecule has 4 rings (SSSR count). The van der Waals surface area contributed by atoms with Crippen LogP contribution in [-0.2, 0) is 0 Å². The van der Waals surface area contributed by atoms with Crippen LogP contribution in [0.3, 0.4) is 0 Å². The number of hydrogen-bond acceptors (Lipinski definition) is 5. The van der Waals surface area contributed by atoms with Gasteiger partial charge < -0.3 is 10.6 Å². The summed E-state index contributed by atoms with van der Waals surface area (Å²) in [4.78, 5) is 4.32. The summed E-state index contributed by atoms with van der Waals surface area (Å²) >= 11 is 0. The maximum Gasteiger partial charge on any atom is 0.178 e. The van der Waals surface area contributed by atoms with Crippen LogP contribution in [-0.4, -0.2) is 20.6 Å². The van der Waals surface area contributed by atoms with Crippen LogP contribution in [0.5, 0.6) is 0 Å². The second-order valence-corrected chi connectivity index (χ2v) is 5.84. The standard InChI is InChI=1S/C17H16N6/c1-11-2-4-13(5-3-11)21-16-8-15(20-12-6-7-12)17-19-10-14(9-18)23(17)22-16/h2-5,8,10,12,20H,6-7H2,1H3,(H,21,22). The molecule has 1 fully saturated rings. The van der Waals surface area contributed by atoms with E-state index in [4.69, 9.17) is 0 Å². The third-order valence-electron chi connectivity index (χ3n) is 3.84. The predicted molar refractivity (Wildman–Crippen MR) is 88.8 cm³/mol. The van der Waals surface area contributed by atoms with E-state index in [9.17, 15) is 5.26 Å². The quantitative estimate of drug-likeness (QED) is 0.773. The minimum absolute atomic E-state index is 0.423. The molecule has 2 aromatic heterocycles. The Bertz CT molecular complexity index is 899. The van der Waals surface area contributed by atoms with Gasteiger partial charge in [0.05, 0.1) is 11.9 Å². The van der Waals surface area contributed by atoms with E-state index in [0.29, 0.717) is 23.2 Å². The molecule has 0 spiro atoms. The molecule has 0 aliphatic heterocycles. The topological polar surface area (TPSA) is 78.0 Å². The average molecular weight is 304 g/mol. The van der Waals surface area contributed by atoms with E-state index in [1.54, 1.807) is 10.7 Å². The molecule has 3 aromatic rings. The fourth-order valence-corrected chi connectivity index (χ4v) is 2.44. The lowest BCUT2D eigenvalue weighted by Crippen LogP contribution is -2.07. The van der Waals surface area contributed by atoms with Gasteiger partial charge in [0, 0.05) is 17.8 Å². The van der Waals surface area contributed by atoms with Crippen molar-refractivity contribution in [2.75, 3.05) is 10.6 Å². The van der Waals surface area contributed by atoms with Crippen molar-refractivity contribution in [1.82, 2.24) is 14.6 Å². The monoisotopic (exact) mass is 304 g/mol. The predicted octanol–water partition coefficient (Wildman–Crippen LogP) is 3.23. The summed E-state index contributed by atoms with van der Waals surface area (Å²) in [5, 5.41) is 20.5. The Morgan fingerprint density at radius 3 is 2.74 bits per heavy atom. The molecule has 2 heterocycles. The zero-order valence-electron chi connectivity index (χ0n) is 12.7. The molecule has 6 heteroatoms. The minimum atomic E-state index is 0.423. The van der Waals surface area contributed by atoms with Crippen LogP contribution in [0.4, 0.5) is 17.2 Å². The van der Waals surface area contributed by atoms with E-state index >= 15 is 0 Å². The van der Waals surface area contributed by atoms with E-state index in [0.717, 1.165) is 11.4 Å². The zero-order valence-corrected chi connectivity index (χ0v) is 12.7. The van der Waals surface area contributed by atoms with E-state index in [-0.39, 0.29) is 0 Å².